The lowest BCUT2D eigenvalue weighted by molar-refractivity contribution is -0.123. The monoisotopic (exact) mass is 271 g/mol. The van der Waals surface area contributed by atoms with Crippen LogP contribution in [0.3, 0.4) is 0 Å². The van der Waals surface area contributed by atoms with Crippen LogP contribution in [0.15, 0.2) is 24.3 Å². The number of amides is 1. The summed E-state index contributed by atoms with van der Waals surface area (Å²) in [6.07, 6.45) is 1.80. The van der Waals surface area contributed by atoms with Crippen LogP contribution in [0, 0.1) is 0 Å². The van der Waals surface area contributed by atoms with Crippen LogP contribution in [-0.2, 0) is 4.79 Å². The summed E-state index contributed by atoms with van der Waals surface area (Å²) in [5.74, 6) is 1.27. The molecule has 1 saturated heterocycles. The first-order valence-corrected chi connectivity index (χ1v) is 6.77. The van der Waals surface area contributed by atoms with Crippen molar-refractivity contribution >= 4 is 28.6 Å². The third kappa shape index (κ3) is 2.36. The minimum atomic E-state index is -0.230. The molecule has 104 valence electrons. The number of aromatic nitrogens is 2. The zero-order valence-corrected chi connectivity index (χ0v) is 11.3. The second-order valence-electron chi connectivity index (χ2n) is 4.79. The Hall–Kier alpha value is -2.37. The second kappa shape index (κ2) is 5.32. The van der Waals surface area contributed by atoms with Gasteiger partial charge in [0, 0.05) is 19.0 Å². The van der Waals surface area contributed by atoms with Crippen molar-refractivity contribution in [2.24, 2.45) is 0 Å². The highest BCUT2D eigenvalue weighted by atomic mass is 16.2. The molecule has 20 heavy (non-hydrogen) atoms. The molecule has 1 fully saturated rings. The Balaban J connectivity index is 1.98. The quantitative estimate of drug-likeness (QED) is 0.785. The molecule has 0 aliphatic carbocycles. The van der Waals surface area contributed by atoms with Crippen molar-refractivity contribution in [3.8, 4) is 0 Å². The van der Waals surface area contributed by atoms with E-state index in [2.05, 4.69) is 25.9 Å². The van der Waals surface area contributed by atoms with Gasteiger partial charge in [0.05, 0.1) is 5.52 Å². The lowest BCUT2D eigenvalue weighted by atomic mass is 10.1. The van der Waals surface area contributed by atoms with E-state index in [-0.39, 0.29) is 11.9 Å². The molecule has 6 heteroatoms. The van der Waals surface area contributed by atoms with Crippen LogP contribution in [0.25, 0.3) is 10.9 Å². The summed E-state index contributed by atoms with van der Waals surface area (Å²) in [4.78, 5) is 20.7. The number of anilines is 2. The van der Waals surface area contributed by atoms with E-state index in [0.29, 0.717) is 11.8 Å². The van der Waals surface area contributed by atoms with Gasteiger partial charge in [-0.25, -0.2) is 4.98 Å². The van der Waals surface area contributed by atoms with Crippen LogP contribution >= 0.6 is 0 Å². The zero-order chi connectivity index (χ0) is 13.9. The molecular formula is C14H17N5O. The average Bonchev–Trinajstić information content (AvgIpc) is 2.49. The molecule has 1 atom stereocenters. The zero-order valence-electron chi connectivity index (χ0n) is 11.3. The van der Waals surface area contributed by atoms with Crippen LogP contribution in [0.5, 0.6) is 0 Å². The highest BCUT2D eigenvalue weighted by Crippen LogP contribution is 2.23. The van der Waals surface area contributed by atoms with E-state index < -0.39 is 0 Å². The number of carbonyl (C=O) groups excluding carboxylic acids is 1. The number of hydrogen-bond acceptors (Lipinski definition) is 5. The van der Waals surface area contributed by atoms with Gasteiger partial charge in [0.2, 0.25) is 11.9 Å². The third-order valence-electron chi connectivity index (χ3n) is 3.42. The molecule has 1 unspecified atom stereocenters. The van der Waals surface area contributed by atoms with Gasteiger partial charge in [0.15, 0.2) is 0 Å². The normalized spacial score (nSPS) is 18.6. The fourth-order valence-electron chi connectivity index (χ4n) is 2.37. The maximum atomic E-state index is 11.9. The summed E-state index contributed by atoms with van der Waals surface area (Å²) >= 11 is 0. The van der Waals surface area contributed by atoms with E-state index in [4.69, 9.17) is 0 Å². The maximum absolute atomic E-state index is 11.9. The van der Waals surface area contributed by atoms with Crippen LogP contribution in [0.4, 0.5) is 11.8 Å². The van der Waals surface area contributed by atoms with Crippen molar-refractivity contribution in [2.45, 2.75) is 18.9 Å². The number of fused-ring (bicyclic) bond motifs is 1. The molecule has 1 aromatic heterocycles. The first-order chi connectivity index (χ1) is 9.78. The summed E-state index contributed by atoms with van der Waals surface area (Å²) in [6.45, 7) is 0.753. The van der Waals surface area contributed by atoms with Crippen molar-refractivity contribution in [3.63, 3.8) is 0 Å². The molecule has 1 amide bonds. The Labute approximate surface area is 117 Å². The predicted molar refractivity (Wildman–Crippen MR) is 78.7 cm³/mol. The molecule has 3 rings (SSSR count). The lowest BCUT2D eigenvalue weighted by Crippen LogP contribution is -2.44. The van der Waals surface area contributed by atoms with E-state index in [9.17, 15) is 4.79 Å². The molecule has 0 saturated carbocycles. The third-order valence-corrected chi connectivity index (χ3v) is 3.42. The standard InChI is InChI=1S/C14H17N5O/c1-15-14-18-10-6-3-2-5-9(10)12(19-14)17-11-7-4-8-16-13(11)20/h2-3,5-6,11H,4,7-8H2,1H3,(H,16,20)(H2,15,17,18,19). The van der Waals surface area contributed by atoms with Crippen molar-refractivity contribution in [2.75, 3.05) is 24.2 Å². The molecule has 1 aromatic carbocycles. The highest BCUT2D eigenvalue weighted by Gasteiger charge is 2.23. The predicted octanol–water partition coefficient (Wildman–Crippen LogP) is 1.36. The largest absolute Gasteiger partial charge is 0.358 e. The number of carbonyl (C=O) groups is 1. The molecule has 2 heterocycles. The first kappa shape index (κ1) is 12.7. The smallest absolute Gasteiger partial charge is 0.242 e. The topological polar surface area (TPSA) is 78.9 Å². The van der Waals surface area contributed by atoms with Gasteiger partial charge in [0.25, 0.3) is 0 Å². The number of hydrogen-bond donors (Lipinski definition) is 3. The van der Waals surface area contributed by atoms with Gasteiger partial charge in [-0.3, -0.25) is 4.79 Å². The van der Waals surface area contributed by atoms with Crippen LogP contribution in [0.1, 0.15) is 12.8 Å². The minimum Gasteiger partial charge on any atom is -0.358 e. The first-order valence-electron chi connectivity index (χ1n) is 6.77. The molecule has 1 aliphatic heterocycles. The van der Waals surface area contributed by atoms with Gasteiger partial charge in [0.1, 0.15) is 11.9 Å². The van der Waals surface area contributed by atoms with Gasteiger partial charge in [-0.15, -0.1) is 0 Å². The van der Waals surface area contributed by atoms with E-state index in [1.54, 1.807) is 7.05 Å². The SMILES string of the molecule is CNc1nc(NC2CCCNC2=O)c2ccccc2n1. The van der Waals surface area contributed by atoms with Gasteiger partial charge in [-0.1, -0.05) is 12.1 Å². The molecule has 0 bridgehead atoms. The van der Waals surface area contributed by atoms with Crippen molar-refractivity contribution in [3.05, 3.63) is 24.3 Å². The van der Waals surface area contributed by atoms with Crippen LogP contribution in [-0.4, -0.2) is 35.5 Å². The van der Waals surface area contributed by atoms with Gasteiger partial charge >= 0.3 is 0 Å². The highest BCUT2D eigenvalue weighted by molar-refractivity contribution is 5.93. The Morgan fingerprint density at radius 3 is 2.95 bits per heavy atom. The second-order valence-corrected chi connectivity index (χ2v) is 4.79. The summed E-state index contributed by atoms with van der Waals surface area (Å²) in [5.41, 5.74) is 0.852. The minimum absolute atomic E-state index is 0.0324. The van der Waals surface area contributed by atoms with Gasteiger partial charge in [-0.05, 0) is 25.0 Å². The molecule has 0 radical (unpaired) electrons. The average molecular weight is 271 g/mol. The number of nitrogens with zero attached hydrogens (tertiary/aromatic N) is 2. The van der Waals surface area contributed by atoms with E-state index in [1.165, 1.54) is 0 Å². The summed E-state index contributed by atoms with van der Waals surface area (Å²) < 4.78 is 0. The molecule has 3 N–H and O–H groups in total. The molecule has 1 aliphatic rings. The summed E-state index contributed by atoms with van der Waals surface area (Å²) in [5, 5.41) is 9.98. The van der Waals surface area contributed by atoms with Gasteiger partial charge in [-0.2, -0.15) is 4.98 Å². The number of piperidine rings is 1. The summed E-state index contributed by atoms with van der Waals surface area (Å²) in [7, 11) is 1.78. The molecular weight excluding hydrogens is 254 g/mol. The molecule has 0 spiro atoms. The number of nitrogens with one attached hydrogen (secondary N) is 3. The Kier molecular flexibility index (Phi) is 3.37. The molecule has 6 nitrogen and oxygen atoms in total. The molecule has 2 aromatic rings. The van der Waals surface area contributed by atoms with E-state index >= 15 is 0 Å². The summed E-state index contributed by atoms with van der Waals surface area (Å²) in [6, 6.07) is 7.54. The van der Waals surface area contributed by atoms with Crippen molar-refractivity contribution in [1.82, 2.24) is 15.3 Å². The Morgan fingerprint density at radius 1 is 1.30 bits per heavy atom. The number of benzene rings is 1. The lowest BCUT2D eigenvalue weighted by Gasteiger charge is -2.23. The van der Waals surface area contributed by atoms with Crippen molar-refractivity contribution < 1.29 is 4.79 Å². The van der Waals surface area contributed by atoms with Crippen LogP contribution in [0.2, 0.25) is 0 Å². The van der Waals surface area contributed by atoms with E-state index in [1.807, 2.05) is 24.3 Å². The maximum Gasteiger partial charge on any atom is 0.242 e. The number of para-hydroxylation sites is 1. The van der Waals surface area contributed by atoms with Gasteiger partial charge < -0.3 is 16.0 Å². The Morgan fingerprint density at radius 2 is 2.15 bits per heavy atom. The Bertz CT molecular complexity index is 642. The van der Waals surface area contributed by atoms with Crippen LogP contribution < -0.4 is 16.0 Å². The van der Waals surface area contributed by atoms with E-state index in [0.717, 1.165) is 30.3 Å². The fraction of sp³-hybridized carbons (Fsp3) is 0.357. The fourth-order valence-corrected chi connectivity index (χ4v) is 2.37. The van der Waals surface area contributed by atoms with Crippen molar-refractivity contribution in [1.29, 1.82) is 0 Å². The number of rotatable bonds is 3.